The van der Waals surface area contributed by atoms with E-state index in [1.807, 2.05) is 60.7 Å². The first-order valence-corrected chi connectivity index (χ1v) is 10.4. The Morgan fingerprint density at radius 1 is 0.786 bits per heavy atom. The summed E-state index contributed by atoms with van der Waals surface area (Å²) >= 11 is 0. The zero-order valence-corrected chi connectivity index (χ0v) is 16.4. The molecule has 0 spiro atoms. The second-order valence-corrected chi connectivity index (χ2v) is 7.90. The fraction of sp³-hybridized carbons (Fsp3) is 0.182. The number of hydrogen-bond acceptors (Lipinski definition) is 4. The molecule has 0 bridgehead atoms. The molecular weight excluding hydrogens is 374 g/mol. The zero-order valence-electron chi connectivity index (χ0n) is 15.6. The monoisotopic (exact) mass is 397 g/mol. The van der Waals surface area contributed by atoms with Crippen molar-refractivity contribution in [3.63, 3.8) is 0 Å². The number of hydrogen-bond donors (Lipinski definition) is 1. The van der Waals surface area contributed by atoms with Crippen LogP contribution in [0.25, 0.3) is 0 Å². The maximum Gasteiger partial charge on any atom is 0.241 e. The lowest BCUT2D eigenvalue weighted by Gasteiger charge is -2.20. The van der Waals surface area contributed by atoms with Gasteiger partial charge in [-0.05, 0) is 35.4 Å². The number of ether oxygens (including phenoxy) is 2. The smallest absolute Gasteiger partial charge is 0.241 e. The Balaban J connectivity index is 1.83. The van der Waals surface area contributed by atoms with E-state index in [4.69, 9.17) is 9.47 Å². The fourth-order valence-electron chi connectivity index (χ4n) is 2.80. The molecule has 6 heteroatoms. The molecule has 0 aliphatic heterocycles. The van der Waals surface area contributed by atoms with Crippen LogP contribution >= 0.6 is 0 Å². The highest BCUT2D eigenvalue weighted by Crippen LogP contribution is 2.25. The Morgan fingerprint density at radius 2 is 1.32 bits per heavy atom. The summed E-state index contributed by atoms with van der Waals surface area (Å²) in [7, 11) is -2.13. The van der Waals surface area contributed by atoms with E-state index < -0.39 is 16.1 Å². The van der Waals surface area contributed by atoms with Crippen LogP contribution in [0, 0.1) is 0 Å². The van der Waals surface area contributed by atoms with Gasteiger partial charge in [-0.25, -0.2) is 8.42 Å². The molecule has 0 heterocycles. The average molecular weight is 397 g/mol. The van der Waals surface area contributed by atoms with Crippen molar-refractivity contribution < 1.29 is 17.9 Å². The molecule has 0 radical (unpaired) electrons. The Hall–Kier alpha value is -2.67. The summed E-state index contributed by atoms with van der Waals surface area (Å²) in [5.74, 6) is 0.596. The highest BCUT2D eigenvalue weighted by molar-refractivity contribution is 7.89. The highest BCUT2D eigenvalue weighted by atomic mass is 32.2. The van der Waals surface area contributed by atoms with Gasteiger partial charge in [0.25, 0.3) is 0 Å². The lowest BCUT2D eigenvalue weighted by atomic mass is 10.00. The minimum absolute atomic E-state index is 0.184. The summed E-state index contributed by atoms with van der Waals surface area (Å²) in [4.78, 5) is 0.184. The fourth-order valence-corrected chi connectivity index (χ4v) is 4.01. The first-order valence-electron chi connectivity index (χ1n) is 8.94. The van der Waals surface area contributed by atoms with Gasteiger partial charge in [0, 0.05) is 7.11 Å². The molecule has 0 aliphatic rings. The lowest BCUT2D eigenvalue weighted by molar-refractivity contribution is 0.146. The van der Waals surface area contributed by atoms with Gasteiger partial charge in [0.2, 0.25) is 10.0 Å². The van der Waals surface area contributed by atoms with Crippen molar-refractivity contribution in [2.24, 2.45) is 0 Å². The first-order chi connectivity index (χ1) is 13.6. The van der Waals surface area contributed by atoms with Gasteiger partial charge in [0.1, 0.15) is 12.4 Å². The molecule has 28 heavy (non-hydrogen) atoms. The molecule has 0 fully saturated rings. The zero-order chi connectivity index (χ0) is 19.8. The number of methoxy groups -OCH3 is 1. The number of rotatable bonds is 9. The summed E-state index contributed by atoms with van der Waals surface area (Å²) in [5, 5.41) is 0. The molecule has 3 aromatic carbocycles. The van der Waals surface area contributed by atoms with Crippen molar-refractivity contribution >= 4 is 10.0 Å². The predicted molar refractivity (Wildman–Crippen MR) is 109 cm³/mol. The second-order valence-electron chi connectivity index (χ2n) is 6.19. The molecule has 3 aromatic rings. The Kier molecular flexibility index (Phi) is 6.81. The van der Waals surface area contributed by atoms with Crippen LogP contribution in [0.5, 0.6) is 5.75 Å². The Labute approximate surface area is 166 Å². The third-order valence-corrected chi connectivity index (χ3v) is 5.67. The van der Waals surface area contributed by atoms with E-state index in [-0.39, 0.29) is 4.90 Å². The normalized spacial score (nSPS) is 11.5. The van der Waals surface area contributed by atoms with Crippen molar-refractivity contribution in [2.45, 2.75) is 10.9 Å². The maximum absolute atomic E-state index is 13.0. The standard InChI is InChI=1S/C22H23NO4S/c1-26-16-17-27-20-12-14-21(15-13-20)28(24,25)23-22(18-8-4-2-5-9-18)19-10-6-3-7-11-19/h2-15,22-23H,16-17H2,1H3. The SMILES string of the molecule is COCCOc1ccc(S(=O)(=O)NC(c2ccccc2)c2ccccc2)cc1. The molecule has 0 atom stereocenters. The Bertz CT molecular complexity index is 919. The van der Waals surface area contributed by atoms with Crippen LogP contribution in [-0.2, 0) is 14.8 Å². The van der Waals surface area contributed by atoms with E-state index in [0.29, 0.717) is 19.0 Å². The van der Waals surface area contributed by atoms with Crippen LogP contribution in [0.4, 0.5) is 0 Å². The van der Waals surface area contributed by atoms with E-state index >= 15 is 0 Å². The number of sulfonamides is 1. The van der Waals surface area contributed by atoms with E-state index in [9.17, 15) is 8.42 Å². The van der Waals surface area contributed by atoms with E-state index in [1.54, 1.807) is 19.2 Å². The minimum Gasteiger partial charge on any atom is -0.491 e. The van der Waals surface area contributed by atoms with Crippen molar-refractivity contribution in [1.82, 2.24) is 4.72 Å². The maximum atomic E-state index is 13.0. The molecule has 0 saturated heterocycles. The second kappa shape index (κ2) is 9.50. The van der Waals surface area contributed by atoms with E-state index in [1.165, 1.54) is 12.1 Å². The van der Waals surface area contributed by atoms with Crippen LogP contribution in [0.1, 0.15) is 17.2 Å². The largest absolute Gasteiger partial charge is 0.491 e. The van der Waals surface area contributed by atoms with Crippen molar-refractivity contribution in [3.05, 3.63) is 96.1 Å². The number of nitrogens with one attached hydrogen (secondary N) is 1. The molecule has 146 valence electrons. The third-order valence-electron chi connectivity index (χ3n) is 4.23. The van der Waals surface area contributed by atoms with Gasteiger partial charge in [0.05, 0.1) is 17.5 Å². The Morgan fingerprint density at radius 3 is 1.82 bits per heavy atom. The van der Waals surface area contributed by atoms with Gasteiger partial charge in [0.15, 0.2) is 0 Å². The molecule has 1 N–H and O–H groups in total. The predicted octanol–water partition coefficient (Wildman–Crippen LogP) is 3.78. The molecule has 0 unspecified atom stereocenters. The van der Waals surface area contributed by atoms with Gasteiger partial charge in [-0.3, -0.25) is 0 Å². The molecular formula is C22H23NO4S. The van der Waals surface area contributed by atoms with Crippen LogP contribution in [0.3, 0.4) is 0 Å². The topological polar surface area (TPSA) is 64.6 Å². The van der Waals surface area contributed by atoms with Crippen LogP contribution in [0.2, 0.25) is 0 Å². The molecule has 0 aromatic heterocycles. The molecule has 0 amide bonds. The minimum atomic E-state index is -3.73. The van der Waals surface area contributed by atoms with Crippen LogP contribution in [-0.4, -0.2) is 28.7 Å². The third kappa shape index (κ3) is 5.19. The van der Waals surface area contributed by atoms with Crippen LogP contribution < -0.4 is 9.46 Å². The summed E-state index contributed by atoms with van der Waals surface area (Å²) in [6, 6.07) is 24.9. The average Bonchev–Trinajstić information content (AvgIpc) is 2.74. The summed E-state index contributed by atoms with van der Waals surface area (Å²) in [6.45, 7) is 0.877. The van der Waals surface area contributed by atoms with Gasteiger partial charge in [-0.2, -0.15) is 4.72 Å². The number of benzene rings is 3. The van der Waals surface area contributed by atoms with Crippen molar-refractivity contribution in [2.75, 3.05) is 20.3 Å². The summed E-state index contributed by atoms with van der Waals surface area (Å²) in [5.41, 5.74) is 1.74. The van der Waals surface area contributed by atoms with E-state index in [0.717, 1.165) is 11.1 Å². The molecule has 5 nitrogen and oxygen atoms in total. The van der Waals surface area contributed by atoms with Gasteiger partial charge >= 0.3 is 0 Å². The van der Waals surface area contributed by atoms with E-state index in [2.05, 4.69) is 4.72 Å². The highest BCUT2D eigenvalue weighted by Gasteiger charge is 2.22. The van der Waals surface area contributed by atoms with Gasteiger partial charge in [-0.15, -0.1) is 0 Å². The van der Waals surface area contributed by atoms with Gasteiger partial charge < -0.3 is 9.47 Å². The summed E-state index contributed by atoms with van der Waals surface area (Å²) in [6.07, 6.45) is 0. The lowest BCUT2D eigenvalue weighted by Crippen LogP contribution is -2.29. The molecule has 0 saturated carbocycles. The first kappa shape index (κ1) is 20.1. The molecule has 3 rings (SSSR count). The van der Waals surface area contributed by atoms with Crippen LogP contribution in [0.15, 0.2) is 89.8 Å². The van der Waals surface area contributed by atoms with Crippen molar-refractivity contribution in [1.29, 1.82) is 0 Å². The molecule has 0 aliphatic carbocycles. The van der Waals surface area contributed by atoms with Gasteiger partial charge in [-0.1, -0.05) is 60.7 Å². The van der Waals surface area contributed by atoms with Crippen molar-refractivity contribution in [3.8, 4) is 5.75 Å². The quantitative estimate of drug-likeness (QED) is 0.558. The summed E-state index contributed by atoms with van der Waals surface area (Å²) < 4.78 is 39.2.